The molecule has 1 aromatic rings. The second-order valence-corrected chi connectivity index (χ2v) is 5.77. The lowest BCUT2D eigenvalue weighted by molar-refractivity contribution is -0.384. The zero-order valence-electron chi connectivity index (χ0n) is 8.63. The third kappa shape index (κ3) is 3.00. The van der Waals surface area contributed by atoms with E-state index in [4.69, 9.17) is 34.8 Å². The quantitative estimate of drug-likeness (QED) is 0.458. The minimum Gasteiger partial charge on any atom is -0.258 e. The van der Waals surface area contributed by atoms with Crippen molar-refractivity contribution in [2.24, 2.45) is 0 Å². The molecule has 0 bridgehead atoms. The summed E-state index contributed by atoms with van der Waals surface area (Å²) in [5, 5.41) is 10.6. The van der Waals surface area contributed by atoms with Crippen LogP contribution in [0, 0.1) is 16.0 Å². The topological polar surface area (TPSA) is 43.1 Å². The van der Waals surface area contributed by atoms with Crippen LogP contribution in [0.4, 0.5) is 5.69 Å². The Balaban J connectivity index is 3.39. The summed E-state index contributed by atoms with van der Waals surface area (Å²) in [5.41, 5.74) is 0.948. The molecule has 3 nitrogen and oxygen atoms in total. The highest BCUT2D eigenvalue weighted by atomic mass is 35.6. The van der Waals surface area contributed by atoms with Gasteiger partial charge in [0.05, 0.1) is 4.92 Å². The van der Waals surface area contributed by atoms with E-state index in [2.05, 4.69) is 0 Å². The van der Waals surface area contributed by atoms with Crippen LogP contribution >= 0.6 is 34.8 Å². The molecular formula is C10H9Cl3NO2. The van der Waals surface area contributed by atoms with Crippen molar-refractivity contribution in [3.63, 3.8) is 0 Å². The summed E-state index contributed by atoms with van der Waals surface area (Å²) >= 11 is 17.3. The standard InChI is InChI=1S/C10H9Cl3NO2/c1-6(2)8-4-3-7(14(15)16)5-9(8)10(11,12)13/h3-5H,1-2H3. The first-order chi connectivity index (χ1) is 7.23. The highest BCUT2D eigenvalue weighted by Crippen LogP contribution is 2.42. The number of non-ortho nitro benzene ring substituents is 1. The van der Waals surface area contributed by atoms with Crippen molar-refractivity contribution in [3.8, 4) is 0 Å². The fraction of sp³-hybridized carbons (Fsp3) is 0.300. The van der Waals surface area contributed by atoms with Gasteiger partial charge in [-0.15, -0.1) is 0 Å². The van der Waals surface area contributed by atoms with E-state index in [1.165, 1.54) is 12.1 Å². The third-order valence-electron chi connectivity index (χ3n) is 2.06. The molecule has 0 unspecified atom stereocenters. The summed E-state index contributed by atoms with van der Waals surface area (Å²) in [4.78, 5) is 10.1. The molecule has 0 heterocycles. The van der Waals surface area contributed by atoms with Gasteiger partial charge in [0.1, 0.15) is 0 Å². The number of hydrogen-bond donors (Lipinski definition) is 0. The van der Waals surface area contributed by atoms with Gasteiger partial charge in [0.2, 0.25) is 3.79 Å². The highest BCUT2D eigenvalue weighted by Gasteiger charge is 2.29. The largest absolute Gasteiger partial charge is 0.269 e. The van der Waals surface area contributed by atoms with Gasteiger partial charge in [-0.2, -0.15) is 0 Å². The number of nitro benzene ring substituents is 1. The number of nitrogens with zero attached hydrogens (tertiary/aromatic N) is 1. The highest BCUT2D eigenvalue weighted by molar-refractivity contribution is 6.66. The molecule has 0 amide bonds. The fourth-order valence-electron chi connectivity index (χ4n) is 1.32. The maximum atomic E-state index is 10.6. The van der Waals surface area contributed by atoms with Gasteiger partial charge >= 0.3 is 0 Å². The van der Waals surface area contributed by atoms with Crippen LogP contribution < -0.4 is 0 Å². The first kappa shape index (κ1) is 13.6. The third-order valence-corrected chi connectivity index (χ3v) is 2.67. The minimum atomic E-state index is -1.67. The van der Waals surface area contributed by atoms with Crippen LogP contribution in [0.25, 0.3) is 0 Å². The van der Waals surface area contributed by atoms with E-state index in [0.717, 1.165) is 5.92 Å². The first-order valence-corrected chi connectivity index (χ1v) is 5.53. The summed E-state index contributed by atoms with van der Waals surface area (Å²) in [6, 6.07) is 4.27. The molecule has 87 valence electrons. The van der Waals surface area contributed by atoms with E-state index in [1.807, 2.05) is 13.8 Å². The van der Waals surface area contributed by atoms with E-state index in [-0.39, 0.29) is 5.69 Å². The van der Waals surface area contributed by atoms with Crippen LogP contribution in [0.3, 0.4) is 0 Å². The predicted octanol–water partition coefficient (Wildman–Crippen LogP) is 4.38. The Hall–Kier alpha value is -0.510. The average Bonchev–Trinajstić information content (AvgIpc) is 2.15. The smallest absolute Gasteiger partial charge is 0.258 e. The average molecular weight is 282 g/mol. The molecule has 1 radical (unpaired) electrons. The van der Waals surface area contributed by atoms with Gasteiger partial charge in [-0.1, -0.05) is 54.7 Å². The molecular weight excluding hydrogens is 272 g/mol. The number of nitro groups is 1. The zero-order valence-corrected chi connectivity index (χ0v) is 10.9. The van der Waals surface area contributed by atoms with Crippen LogP contribution in [0.2, 0.25) is 0 Å². The Morgan fingerprint density at radius 2 is 1.88 bits per heavy atom. The van der Waals surface area contributed by atoms with E-state index < -0.39 is 8.72 Å². The van der Waals surface area contributed by atoms with Crippen molar-refractivity contribution in [1.29, 1.82) is 0 Å². The lowest BCUT2D eigenvalue weighted by atomic mass is 9.97. The van der Waals surface area contributed by atoms with Crippen LogP contribution in [0.15, 0.2) is 18.2 Å². The Bertz CT molecular complexity index is 413. The molecule has 1 aromatic carbocycles. The molecule has 0 aliphatic carbocycles. The van der Waals surface area contributed by atoms with E-state index in [9.17, 15) is 10.1 Å². The van der Waals surface area contributed by atoms with Gasteiger partial charge in [0, 0.05) is 17.7 Å². The SMILES string of the molecule is C[C](C)c1ccc([N+](=O)[O-])cc1C(Cl)(Cl)Cl. The second-order valence-electron chi connectivity index (χ2n) is 3.48. The van der Waals surface area contributed by atoms with Crippen LogP contribution in [-0.2, 0) is 3.79 Å². The van der Waals surface area contributed by atoms with E-state index in [1.54, 1.807) is 6.07 Å². The number of rotatable bonds is 2. The van der Waals surface area contributed by atoms with Crippen LogP contribution in [0.1, 0.15) is 25.0 Å². The number of benzene rings is 1. The Labute approximate surface area is 108 Å². The van der Waals surface area contributed by atoms with E-state index >= 15 is 0 Å². The molecule has 0 atom stereocenters. The van der Waals surface area contributed by atoms with Gasteiger partial charge < -0.3 is 0 Å². The molecule has 0 saturated carbocycles. The van der Waals surface area contributed by atoms with Crippen LogP contribution in [0.5, 0.6) is 0 Å². The summed E-state index contributed by atoms with van der Waals surface area (Å²) in [6.07, 6.45) is 0. The maximum absolute atomic E-state index is 10.6. The van der Waals surface area contributed by atoms with Crippen molar-refractivity contribution in [3.05, 3.63) is 45.4 Å². The van der Waals surface area contributed by atoms with Crippen LogP contribution in [-0.4, -0.2) is 4.92 Å². The summed E-state index contributed by atoms with van der Waals surface area (Å²) in [5.74, 6) is 0.927. The molecule has 0 N–H and O–H groups in total. The molecule has 0 fully saturated rings. The van der Waals surface area contributed by atoms with E-state index in [0.29, 0.717) is 11.1 Å². The normalized spacial score (nSPS) is 11.9. The molecule has 16 heavy (non-hydrogen) atoms. The second kappa shape index (κ2) is 4.78. The molecule has 1 rings (SSSR count). The monoisotopic (exact) mass is 280 g/mol. The first-order valence-electron chi connectivity index (χ1n) is 4.39. The summed E-state index contributed by atoms with van der Waals surface area (Å²) in [7, 11) is 0. The summed E-state index contributed by atoms with van der Waals surface area (Å²) < 4.78 is -1.67. The molecule has 0 aliphatic heterocycles. The van der Waals surface area contributed by atoms with Crippen molar-refractivity contribution in [1.82, 2.24) is 0 Å². The molecule has 0 aliphatic rings. The lowest BCUT2D eigenvalue weighted by Gasteiger charge is -2.18. The lowest BCUT2D eigenvalue weighted by Crippen LogP contribution is -2.07. The van der Waals surface area contributed by atoms with Gasteiger partial charge in [-0.25, -0.2) is 0 Å². The van der Waals surface area contributed by atoms with Crippen molar-refractivity contribution in [2.45, 2.75) is 17.6 Å². The molecule has 0 aromatic heterocycles. The number of halogens is 3. The van der Waals surface area contributed by atoms with Gasteiger partial charge in [-0.05, 0) is 11.5 Å². The Morgan fingerprint density at radius 3 is 2.25 bits per heavy atom. The van der Waals surface area contributed by atoms with Gasteiger partial charge in [0.25, 0.3) is 5.69 Å². The van der Waals surface area contributed by atoms with Crippen molar-refractivity contribution in [2.75, 3.05) is 0 Å². The minimum absolute atomic E-state index is 0.0914. The summed E-state index contributed by atoms with van der Waals surface area (Å²) in [6.45, 7) is 3.70. The number of hydrogen-bond acceptors (Lipinski definition) is 2. The number of alkyl halides is 3. The Morgan fingerprint density at radius 1 is 1.31 bits per heavy atom. The maximum Gasteiger partial charge on any atom is 0.269 e. The predicted molar refractivity (Wildman–Crippen MR) is 66.0 cm³/mol. The van der Waals surface area contributed by atoms with Gasteiger partial charge in [-0.3, -0.25) is 10.1 Å². The van der Waals surface area contributed by atoms with Crippen molar-refractivity contribution < 1.29 is 4.92 Å². The van der Waals surface area contributed by atoms with Gasteiger partial charge in [0.15, 0.2) is 0 Å². The zero-order chi connectivity index (χ0) is 12.5. The van der Waals surface area contributed by atoms with Crippen molar-refractivity contribution >= 4 is 40.5 Å². The fourth-order valence-corrected chi connectivity index (χ4v) is 1.79. The molecule has 0 saturated heterocycles. The molecule has 6 heteroatoms. The molecule has 0 spiro atoms. The Kier molecular flexibility index (Phi) is 4.05.